The van der Waals surface area contributed by atoms with Crippen LogP contribution in [0.4, 0.5) is 13.2 Å². The van der Waals surface area contributed by atoms with E-state index in [0.29, 0.717) is 11.0 Å². The van der Waals surface area contributed by atoms with Gasteiger partial charge in [0.1, 0.15) is 5.75 Å². The summed E-state index contributed by atoms with van der Waals surface area (Å²) in [6.07, 6.45) is -4.78. The van der Waals surface area contributed by atoms with Crippen molar-refractivity contribution in [3.63, 3.8) is 0 Å². The van der Waals surface area contributed by atoms with E-state index in [9.17, 15) is 18.0 Å². The monoisotopic (exact) mass is 311 g/mol. The molecule has 1 amide bonds. The summed E-state index contributed by atoms with van der Waals surface area (Å²) >= 11 is 3.01. The van der Waals surface area contributed by atoms with Crippen LogP contribution in [0.3, 0.4) is 0 Å². The molecule has 7 heteroatoms. The zero-order chi connectivity index (χ0) is 13.1. The first-order chi connectivity index (χ1) is 7.81. The molecule has 0 radical (unpaired) electrons. The number of hydrogen-bond donors (Lipinski definition) is 1. The fourth-order valence-electron chi connectivity index (χ4n) is 1.15. The van der Waals surface area contributed by atoms with Crippen LogP contribution in [0.1, 0.15) is 17.3 Å². The highest BCUT2D eigenvalue weighted by atomic mass is 79.9. The molecule has 0 unspecified atom stereocenters. The van der Waals surface area contributed by atoms with Gasteiger partial charge in [0.15, 0.2) is 0 Å². The molecule has 1 aromatic carbocycles. The van der Waals surface area contributed by atoms with E-state index >= 15 is 0 Å². The molecule has 0 aromatic heterocycles. The highest BCUT2D eigenvalue weighted by Crippen LogP contribution is 2.27. The SMILES string of the molecule is CCNC(=O)c1cc(Br)cc(OC(F)(F)F)c1. The lowest BCUT2D eigenvalue weighted by Crippen LogP contribution is -2.23. The molecule has 0 saturated carbocycles. The first kappa shape index (κ1) is 13.8. The lowest BCUT2D eigenvalue weighted by molar-refractivity contribution is -0.274. The minimum atomic E-state index is -4.78. The molecule has 0 saturated heterocycles. The summed E-state index contributed by atoms with van der Waals surface area (Å²) in [6, 6.07) is 3.58. The Labute approximate surface area is 104 Å². The van der Waals surface area contributed by atoms with Crippen molar-refractivity contribution in [2.75, 3.05) is 6.54 Å². The topological polar surface area (TPSA) is 38.3 Å². The fraction of sp³-hybridized carbons (Fsp3) is 0.300. The van der Waals surface area contributed by atoms with Gasteiger partial charge in [-0.25, -0.2) is 0 Å². The van der Waals surface area contributed by atoms with Crippen LogP contribution < -0.4 is 10.1 Å². The van der Waals surface area contributed by atoms with E-state index in [1.54, 1.807) is 6.92 Å². The molecule has 1 N–H and O–H groups in total. The van der Waals surface area contributed by atoms with Crippen LogP contribution in [-0.2, 0) is 0 Å². The predicted molar refractivity (Wildman–Crippen MR) is 58.8 cm³/mol. The second-order valence-corrected chi connectivity index (χ2v) is 4.00. The lowest BCUT2D eigenvalue weighted by atomic mass is 10.2. The number of carbonyl (C=O) groups excluding carboxylic acids is 1. The third-order valence-corrected chi connectivity index (χ3v) is 2.16. The molecule has 0 aliphatic rings. The molecule has 0 bridgehead atoms. The number of alkyl halides is 3. The largest absolute Gasteiger partial charge is 0.573 e. The van der Waals surface area contributed by atoms with Crippen molar-refractivity contribution in [1.82, 2.24) is 5.32 Å². The Hall–Kier alpha value is -1.24. The van der Waals surface area contributed by atoms with Crippen molar-refractivity contribution in [1.29, 1.82) is 0 Å². The smallest absolute Gasteiger partial charge is 0.406 e. The second-order valence-electron chi connectivity index (χ2n) is 3.08. The Bertz CT molecular complexity index is 421. The number of amides is 1. The summed E-state index contributed by atoms with van der Waals surface area (Å²) in [5, 5.41) is 2.48. The first-order valence-corrected chi connectivity index (χ1v) is 5.45. The van der Waals surface area contributed by atoms with Gasteiger partial charge in [-0.2, -0.15) is 0 Å². The maximum Gasteiger partial charge on any atom is 0.573 e. The van der Waals surface area contributed by atoms with Gasteiger partial charge < -0.3 is 10.1 Å². The Morgan fingerprint density at radius 2 is 2.06 bits per heavy atom. The third kappa shape index (κ3) is 4.64. The molecule has 0 fully saturated rings. The quantitative estimate of drug-likeness (QED) is 0.931. The minimum absolute atomic E-state index is 0.0977. The van der Waals surface area contributed by atoms with Gasteiger partial charge in [0.25, 0.3) is 5.91 Å². The second kappa shape index (κ2) is 5.39. The lowest BCUT2D eigenvalue weighted by Gasteiger charge is -2.10. The molecule has 1 rings (SSSR count). The maximum absolute atomic E-state index is 12.0. The van der Waals surface area contributed by atoms with Crippen molar-refractivity contribution in [3.05, 3.63) is 28.2 Å². The summed E-state index contributed by atoms with van der Waals surface area (Å²) in [5.74, 6) is -0.894. The van der Waals surface area contributed by atoms with Crippen molar-refractivity contribution in [3.8, 4) is 5.75 Å². The van der Waals surface area contributed by atoms with E-state index in [-0.39, 0.29) is 5.56 Å². The van der Waals surface area contributed by atoms with Gasteiger partial charge in [0.05, 0.1) is 0 Å². The zero-order valence-electron chi connectivity index (χ0n) is 8.77. The highest BCUT2D eigenvalue weighted by molar-refractivity contribution is 9.10. The standard InChI is InChI=1S/C10H9BrF3NO2/c1-2-15-9(16)6-3-7(11)5-8(4-6)17-10(12,13)14/h3-5H,2H2,1H3,(H,15,16). The maximum atomic E-state index is 12.0. The number of halogens is 4. The summed E-state index contributed by atoms with van der Waals surface area (Å²) in [5.41, 5.74) is 0.0977. The molecular formula is C10H9BrF3NO2. The molecule has 17 heavy (non-hydrogen) atoms. The molecule has 0 aliphatic carbocycles. The van der Waals surface area contributed by atoms with E-state index in [2.05, 4.69) is 26.0 Å². The summed E-state index contributed by atoms with van der Waals surface area (Å²) in [6.45, 7) is 2.10. The van der Waals surface area contributed by atoms with Crippen molar-refractivity contribution in [2.45, 2.75) is 13.3 Å². The van der Waals surface area contributed by atoms with Crippen molar-refractivity contribution in [2.24, 2.45) is 0 Å². The number of carbonyl (C=O) groups is 1. The molecule has 0 aliphatic heterocycles. The fourth-order valence-corrected chi connectivity index (χ4v) is 1.62. The van der Waals surface area contributed by atoms with Crippen LogP contribution in [0.5, 0.6) is 5.75 Å². The minimum Gasteiger partial charge on any atom is -0.406 e. The summed E-state index contributed by atoms with van der Waals surface area (Å²) < 4.78 is 40.1. The highest BCUT2D eigenvalue weighted by Gasteiger charge is 2.31. The molecule has 94 valence electrons. The van der Waals surface area contributed by atoms with Crippen LogP contribution in [0.15, 0.2) is 22.7 Å². The Balaban J connectivity index is 2.98. The number of benzene rings is 1. The molecule has 1 aromatic rings. The zero-order valence-corrected chi connectivity index (χ0v) is 10.4. The van der Waals surface area contributed by atoms with Gasteiger partial charge in [-0.05, 0) is 25.1 Å². The van der Waals surface area contributed by atoms with Gasteiger partial charge in [-0.15, -0.1) is 13.2 Å². The van der Waals surface area contributed by atoms with E-state index in [4.69, 9.17) is 0 Å². The molecular weight excluding hydrogens is 303 g/mol. The number of rotatable bonds is 3. The van der Waals surface area contributed by atoms with Gasteiger partial charge in [-0.3, -0.25) is 4.79 Å². The summed E-state index contributed by atoms with van der Waals surface area (Å²) in [7, 11) is 0. The average Bonchev–Trinajstić information content (AvgIpc) is 2.14. The normalized spacial score (nSPS) is 11.1. The number of nitrogens with one attached hydrogen (secondary N) is 1. The van der Waals surface area contributed by atoms with Gasteiger partial charge >= 0.3 is 6.36 Å². The number of ether oxygens (including phenoxy) is 1. The predicted octanol–water partition coefficient (Wildman–Crippen LogP) is 3.10. The van der Waals surface area contributed by atoms with Crippen LogP contribution in [0.25, 0.3) is 0 Å². The Morgan fingerprint density at radius 3 is 2.59 bits per heavy atom. The van der Waals surface area contributed by atoms with E-state index in [1.807, 2.05) is 0 Å². The van der Waals surface area contributed by atoms with Crippen LogP contribution in [0, 0.1) is 0 Å². The Kier molecular flexibility index (Phi) is 4.39. The van der Waals surface area contributed by atoms with Crippen LogP contribution in [-0.4, -0.2) is 18.8 Å². The first-order valence-electron chi connectivity index (χ1n) is 4.66. The number of hydrogen-bond acceptors (Lipinski definition) is 2. The van der Waals surface area contributed by atoms with Crippen LogP contribution in [0.2, 0.25) is 0 Å². The third-order valence-electron chi connectivity index (χ3n) is 1.70. The summed E-state index contributed by atoms with van der Waals surface area (Å²) in [4.78, 5) is 11.4. The van der Waals surface area contributed by atoms with Gasteiger partial charge in [0, 0.05) is 16.6 Å². The van der Waals surface area contributed by atoms with Gasteiger partial charge in [0.2, 0.25) is 0 Å². The molecule has 0 spiro atoms. The van der Waals surface area contributed by atoms with E-state index < -0.39 is 18.0 Å². The van der Waals surface area contributed by atoms with Gasteiger partial charge in [-0.1, -0.05) is 15.9 Å². The molecule has 0 atom stereocenters. The van der Waals surface area contributed by atoms with E-state index in [0.717, 1.165) is 12.1 Å². The van der Waals surface area contributed by atoms with Crippen molar-refractivity contribution >= 4 is 21.8 Å². The molecule has 0 heterocycles. The van der Waals surface area contributed by atoms with Crippen LogP contribution >= 0.6 is 15.9 Å². The van der Waals surface area contributed by atoms with Crippen molar-refractivity contribution < 1.29 is 22.7 Å². The Morgan fingerprint density at radius 1 is 1.41 bits per heavy atom. The molecule has 3 nitrogen and oxygen atoms in total. The average molecular weight is 312 g/mol. The van der Waals surface area contributed by atoms with E-state index in [1.165, 1.54) is 6.07 Å².